The molecule has 0 spiro atoms. The van der Waals surface area contributed by atoms with E-state index in [1.54, 1.807) is 23.9 Å². The Morgan fingerprint density at radius 2 is 2.04 bits per heavy atom. The van der Waals surface area contributed by atoms with Crippen LogP contribution in [-0.2, 0) is 6.42 Å². The van der Waals surface area contributed by atoms with Gasteiger partial charge < -0.3 is 15.2 Å². The van der Waals surface area contributed by atoms with Crippen LogP contribution in [0.1, 0.15) is 37.5 Å². The average molecular weight is 355 g/mol. The summed E-state index contributed by atoms with van der Waals surface area (Å²) in [6, 6.07) is 11.7. The van der Waals surface area contributed by atoms with Crippen LogP contribution < -0.4 is 10.1 Å². The molecule has 2 N–H and O–H groups in total. The standard InChI is InChI=1S/C19H25N5O2/c1-19(2,11-10-14-6-4-5-7-17(14)26-3)20-12-16(25)15-8-9-18-21-22-23-24(18)13-15/h4-9,13,16,20,25H,10-12H2,1-3H3. The highest BCUT2D eigenvalue weighted by Crippen LogP contribution is 2.22. The maximum absolute atomic E-state index is 10.5. The molecule has 0 saturated carbocycles. The molecule has 1 unspecified atom stereocenters. The summed E-state index contributed by atoms with van der Waals surface area (Å²) in [6.07, 6.45) is 2.95. The second kappa shape index (κ2) is 7.80. The zero-order valence-corrected chi connectivity index (χ0v) is 15.4. The van der Waals surface area contributed by atoms with Crippen molar-refractivity contribution >= 4 is 5.65 Å². The molecule has 0 saturated heterocycles. The monoisotopic (exact) mass is 355 g/mol. The molecule has 3 rings (SSSR count). The van der Waals surface area contributed by atoms with Crippen LogP contribution >= 0.6 is 0 Å². The molecule has 7 heteroatoms. The Labute approximate surface area is 153 Å². The number of nitrogens with zero attached hydrogens (tertiary/aromatic N) is 4. The number of aryl methyl sites for hydroxylation is 1. The van der Waals surface area contributed by atoms with Gasteiger partial charge in [-0.3, -0.25) is 0 Å². The molecule has 7 nitrogen and oxygen atoms in total. The number of hydrogen-bond acceptors (Lipinski definition) is 6. The predicted octanol–water partition coefficient (Wildman–Crippen LogP) is 2.17. The molecular weight excluding hydrogens is 330 g/mol. The fourth-order valence-corrected chi connectivity index (χ4v) is 2.89. The van der Waals surface area contributed by atoms with E-state index in [1.165, 1.54) is 5.56 Å². The number of rotatable bonds is 8. The van der Waals surface area contributed by atoms with Crippen molar-refractivity contribution in [2.45, 2.75) is 38.3 Å². The molecule has 2 heterocycles. The maximum atomic E-state index is 10.5. The van der Waals surface area contributed by atoms with Crippen LogP contribution in [0.5, 0.6) is 5.75 Å². The van der Waals surface area contributed by atoms with Gasteiger partial charge in [0, 0.05) is 23.8 Å². The van der Waals surface area contributed by atoms with Crippen LogP contribution in [0.25, 0.3) is 5.65 Å². The minimum absolute atomic E-state index is 0.124. The number of pyridine rings is 1. The van der Waals surface area contributed by atoms with Crippen molar-refractivity contribution < 1.29 is 9.84 Å². The van der Waals surface area contributed by atoms with Crippen LogP contribution in [0.2, 0.25) is 0 Å². The van der Waals surface area contributed by atoms with Gasteiger partial charge >= 0.3 is 0 Å². The van der Waals surface area contributed by atoms with Gasteiger partial charge in [-0.05, 0) is 54.8 Å². The summed E-state index contributed by atoms with van der Waals surface area (Å²) in [5.41, 5.74) is 2.50. The summed E-state index contributed by atoms with van der Waals surface area (Å²) in [4.78, 5) is 0. The Balaban J connectivity index is 1.56. The second-order valence-electron chi connectivity index (χ2n) is 7.04. The van der Waals surface area contributed by atoms with E-state index in [9.17, 15) is 5.11 Å². The smallest absolute Gasteiger partial charge is 0.179 e. The predicted molar refractivity (Wildman–Crippen MR) is 99.1 cm³/mol. The van der Waals surface area contributed by atoms with Gasteiger partial charge in [0.1, 0.15) is 5.75 Å². The van der Waals surface area contributed by atoms with Crippen molar-refractivity contribution in [3.63, 3.8) is 0 Å². The number of aliphatic hydroxyl groups excluding tert-OH is 1. The molecule has 0 bridgehead atoms. The molecule has 0 fully saturated rings. The molecule has 0 aliphatic carbocycles. The summed E-state index contributed by atoms with van der Waals surface area (Å²) in [6.45, 7) is 4.73. The first-order valence-corrected chi connectivity index (χ1v) is 8.71. The minimum Gasteiger partial charge on any atom is -0.496 e. The van der Waals surface area contributed by atoms with Gasteiger partial charge in [0.25, 0.3) is 0 Å². The van der Waals surface area contributed by atoms with Crippen molar-refractivity contribution in [1.29, 1.82) is 0 Å². The Hall–Kier alpha value is -2.51. The lowest BCUT2D eigenvalue weighted by Crippen LogP contribution is -2.42. The summed E-state index contributed by atoms with van der Waals surface area (Å²) in [5, 5.41) is 25.3. The zero-order chi connectivity index (χ0) is 18.6. The van der Waals surface area contributed by atoms with Gasteiger partial charge in [-0.25, -0.2) is 4.52 Å². The Morgan fingerprint density at radius 1 is 1.23 bits per heavy atom. The minimum atomic E-state index is -0.630. The Morgan fingerprint density at radius 3 is 2.85 bits per heavy atom. The van der Waals surface area contributed by atoms with Crippen LogP contribution in [0.15, 0.2) is 42.6 Å². The average Bonchev–Trinajstić information content (AvgIpc) is 3.12. The van der Waals surface area contributed by atoms with E-state index in [1.807, 2.05) is 24.3 Å². The Kier molecular flexibility index (Phi) is 5.49. The zero-order valence-electron chi connectivity index (χ0n) is 15.4. The maximum Gasteiger partial charge on any atom is 0.179 e. The lowest BCUT2D eigenvalue weighted by molar-refractivity contribution is 0.158. The van der Waals surface area contributed by atoms with Crippen molar-refractivity contribution in [3.05, 3.63) is 53.7 Å². The van der Waals surface area contributed by atoms with E-state index in [0.717, 1.165) is 24.2 Å². The second-order valence-corrected chi connectivity index (χ2v) is 7.04. The highest BCUT2D eigenvalue weighted by atomic mass is 16.5. The van der Waals surface area contributed by atoms with Crippen LogP contribution in [0, 0.1) is 0 Å². The fourth-order valence-electron chi connectivity index (χ4n) is 2.89. The van der Waals surface area contributed by atoms with E-state index in [4.69, 9.17) is 4.74 Å². The lowest BCUT2D eigenvalue weighted by Gasteiger charge is -2.28. The quantitative estimate of drug-likeness (QED) is 0.644. The van der Waals surface area contributed by atoms with E-state index in [-0.39, 0.29) is 5.54 Å². The molecule has 1 aromatic carbocycles. The van der Waals surface area contributed by atoms with Crippen molar-refractivity contribution in [1.82, 2.24) is 25.4 Å². The highest BCUT2D eigenvalue weighted by Gasteiger charge is 2.20. The molecule has 0 aliphatic heterocycles. The molecule has 0 aliphatic rings. The third-order valence-electron chi connectivity index (χ3n) is 4.59. The van der Waals surface area contributed by atoms with Gasteiger partial charge in [0.15, 0.2) is 5.65 Å². The molecule has 138 valence electrons. The van der Waals surface area contributed by atoms with Crippen molar-refractivity contribution in [2.24, 2.45) is 0 Å². The molecular formula is C19H25N5O2. The van der Waals surface area contributed by atoms with E-state index >= 15 is 0 Å². The van der Waals surface area contributed by atoms with Crippen LogP contribution in [0.3, 0.4) is 0 Å². The van der Waals surface area contributed by atoms with Gasteiger partial charge in [-0.2, -0.15) is 0 Å². The number of nitrogens with one attached hydrogen (secondary N) is 1. The van der Waals surface area contributed by atoms with Gasteiger partial charge in [-0.15, -0.1) is 5.10 Å². The van der Waals surface area contributed by atoms with Crippen LogP contribution in [-0.4, -0.2) is 44.3 Å². The van der Waals surface area contributed by atoms with Gasteiger partial charge in [-0.1, -0.05) is 24.3 Å². The number of fused-ring (bicyclic) bond motifs is 1. The number of aromatic nitrogens is 4. The van der Waals surface area contributed by atoms with E-state index in [0.29, 0.717) is 12.2 Å². The molecule has 0 radical (unpaired) electrons. The summed E-state index contributed by atoms with van der Waals surface area (Å²) in [5.74, 6) is 0.915. The number of ether oxygens (including phenoxy) is 1. The molecule has 0 amide bonds. The van der Waals surface area contributed by atoms with Crippen LogP contribution in [0.4, 0.5) is 0 Å². The topological polar surface area (TPSA) is 84.6 Å². The first-order valence-electron chi connectivity index (χ1n) is 8.71. The summed E-state index contributed by atoms with van der Waals surface area (Å²) in [7, 11) is 1.69. The largest absolute Gasteiger partial charge is 0.496 e. The molecule has 2 aromatic heterocycles. The number of hydrogen-bond donors (Lipinski definition) is 2. The highest BCUT2D eigenvalue weighted by molar-refractivity contribution is 5.37. The fraction of sp³-hybridized carbons (Fsp3) is 0.421. The molecule has 1 atom stereocenters. The van der Waals surface area contributed by atoms with Gasteiger partial charge in [0.05, 0.1) is 13.2 Å². The number of β-amino-alcohol motifs (C(OH)–C–C–N with tert-alkyl or cyclic N) is 1. The normalized spacial score (nSPS) is 13.1. The molecule has 26 heavy (non-hydrogen) atoms. The third kappa shape index (κ3) is 4.36. The van der Waals surface area contributed by atoms with E-state index in [2.05, 4.69) is 40.8 Å². The number of benzene rings is 1. The number of tetrazole rings is 1. The number of para-hydroxylation sites is 1. The van der Waals surface area contributed by atoms with Crippen molar-refractivity contribution in [3.8, 4) is 5.75 Å². The lowest BCUT2D eigenvalue weighted by atomic mass is 9.94. The SMILES string of the molecule is COc1ccccc1CCC(C)(C)NCC(O)c1ccc2nnnn2c1. The van der Waals surface area contributed by atoms with E-state index < -0.39 is 6.10 Å². The summed E-state index contributed by atoms with van der Waals surface area (Å²) >= 11 is 0. The first kappa shape index (κ1) is 18.3. The number of aliphatic hydroxyl groups is 1. The van der Waals surface area contributed by atoms with Gasteiger partial charge in [0.2, 0.25) is 0 Å². The number of methoxy groups -OCH3 is 1. The van der Waals surface area contributed by atoms with Crippen molar-refractivity contribution in [2.75, 3.05) is 13.7 Å². The Bertz CT molecular complexity index is 862. The molecule has 3 aromatic rings. The first-order chi connectivity index (χ1) is 12.5. The third-order valence-corrected chi connectivity index (χ3v) is 4.59. The summed E-state index contributed by atoms with van der Waals surface area (Å²) < 4.78 is 6.98.